The van der Waals surface area contributed by atoms with E-state index in [-0.39, 0.29) is 49.5 Å². The normalized spacial score (nSPS) is 12.8. The Hall–Kier alpha value is -4.81. The summed E-state index contributed by atoms with van der Waals surface area (Å²) in [6.45, 7) is 5.42. The number of benzene rings is 2. The molecule has 41 heavy (non-hydrogen) atoms. The van der Waals surface area contributed by atoms with Crippen LogP contribution in [-0.4, -0.2) is 66.0 Å². The highest BCUT2D eigenvalue weighted by Crippen LogP contribution is 2.22. The molecule has 0 spiro atoms. The van der Waals surface area contributed by atoms with E-state index in [1.807, 2.05) is 44.2 Å². The van der Waals surface area contributed by atoms with Crippen LogP contribution in [0.4, 0.5) is 0 Å². The van der Waals surface area contributed by atoms with Gasteiger partial charge in [0.15, 0.2) is 11.9 Å². The Kier molecular flexibility index (Phi) is 12.4. The number of carbonyl (C=O) groups is 3. The third-order valence-corrected chi connectivity index (χ3v) is 6.28. The van der Waals surface area contributed by atoms with Crippen LogP contribution in [0.1, 0.15) is 35.6 Å². The van der Waals surface area contributed by atoms with E-state index in [4.69, 9.17) is 22.9 Å². The van der Waals surface area contributed by atoms with Crippen LogP contribution < -0.4 is 38.9 Å². The Morgan fingerprint density at radius 2 is 1.54 bits per heavy atom. The molecule has 2 aromatic rings. The summed E-state index contributed by atoms with van der Waals surface area (Å²) >= 11 is 0. The van der Waals surface area contributed by atoms with Gasteiger partial charge in [0.2, 0.25) is 17.7 Å². The molecule has 13 heteroatoms. The number of phenolic OH excluding ortho intramolecular Hbond substituents is 1. The number of aromatic hydroxyl groups is 1. The van der Waals surface area contributed by atoms with E-state index in [9.17, 15) is 19.5 Å². The first-order valence-corrected chi connectivity index (χ1v) is 13.2. The van der Waals surface area contributed by atoms with Crippen molar-refractivity contribution in [1.82, 2.24) is 16.0 Å². The molecule has 2 aromatic carbocycles. The van der Waals surface area contributed by atoms with Gasteiger partial charge in [-0.2, -0.15) is 0 Å². The maximum Gasteiger partial charge on any atom is 0.245 e. The Bertz CT molecular complexity index is 1230. The largest absolute Gasteiger partial charge is 0.508 e. The second kappa shape index (κ2) is 15.7. The van der Waals surface area contributed by atoms with Crippen molar-refractivity contribution in [3.8, 4) is 5.75 Å². The van der Waals surface area contributed by atoms with Crippen LogP contribution in [0.25, 0.3) is 0 Å². The standard InChI is InChI=1S/C28H41N9O4/c1-16-11-21(38)12-17(2)22(16)14-23(37-28(31)32)26(41)35-18(3)25(40)34-15-20(13-19-7-5-4-6-8-19)36-24(39)9-10-33-27(29)30/h4-8,11-12,18,20,23,38H,9-10,13-15H2,1-3H3,(H,34,40)(H,35,41)(H,36,39)(H4,29,30,33)(H4,31,32,37)/t18-,20+,23+/m1/s1. The fraction of sp³-hybridized carbons (Fsp3) is 0.393. The van der Waals surface area contributed by atoms with Crippen molar-refractivity contribution in [1.29, 1.82) is 0 Å². The number of amides is 3. The molecule has 0 unspecified atom stereocenters. The lowest BCUT2D eigenvalue weighted by atomic mass is 9.95. The zero-order valence-corrected chi connectivity index (χ0v) is 23.7. The number of rotatable bonds is 14. The van der Waals surface area contributed by atoms with Gasteiger partial charge in [-0.1, -0.05) is 30.3 Å². The molecule has 13 nitrogen and oxygen atoms in total. The summed E-state index contributed by atoms with van der Waals surface area (Å²) in [6, 6.07) is 10.3. The van der Waals surface area contributed by atoms with E-state index in [2.05, 4.69) is 25.9 Å². The first-order chi connectivity index (χ1) is 19.3. The van der Waals surface area contributed by atoms with Crippen molar-refractivity contribution in [3.05, 3.63) is 64.7 Å². The minimum absolute atomic E-state index is 0.0791. The summed E-state index contributed by atoms with van der Waals surface area (Å²) in [7, 11) is 0. The molecule has 0 bridgehead atoms. The predicted octanol–water partition coefficient (Wildman–Crippen LogP) is -0.795. The van der Waals surface area contributed by atoms with Crippen LogP contribution in [0.5, 0.6) is 5.75 Å². The van der Waals surface area contributed by atoms with Crippen LogP contribution in [-0.2, 0) is 27.2 Å². The van der Waals surface area contributed by atoms with E-state index < -0.39 is 29.9 Å². The highest BCUT2D eigenvalue weighted by Gasteiger charge is 2.25. The monoisotopic (exact) mass is 567 g/mol. The second-order valence-electron chi connectivity index (χ2n) is 9.82. The third kappa shape index (κ3) is 11.4. The number of aliphatic imine (C=N–C) groups is 2. The lowest BCUT2D eigenvalue weighted by molar-refractivity contribution is -0.129. The van der Waals surface area contributed by atoms with Gasteiger partial charge in [0.05, 0.1) is 12.6 Å². The molecule has 0 heterocycles. The molecule has 3 amide bonds. The number of nitrogens with one attached hydrogen (secondary N) is 3. The summed E-state index contributed by atoms with van der Waals surface area (Å²) in [6.07, 6.45) is 0.713. The summed E-state index contributed by atoms with van der Waals surface area (Å²) < 4.78 is 0. The van der Waals surface area contributed by atoms with Crippen molar-refractivity contribution in [2.45, 2.75) is 58.2 Å². The molecule has 0 saturated heterocycles. The third-order valence-electron chi connectivity index (χ3n) is 6.28. The molecule has 0 saturated carbocycles. The number of aryl methyl sites for hydroxylation is 2. The molecular weight excluding hydrogens is 526 g/mol. The van der Waals surface area contributed by atoms with Gasteiger partial charge in [-0.25, -0.2) is 4.99 Å². The van der Waals surface area contributed by atoms with E-state index in [0.29, 0.717) is 6.42 Å². The fourth-order valence-electron chi connectivity index (χ4n) is 4.27. The Balaban J connectivity index is 2.05. The number of carbonyl (C=O) groups excluding carboxylic acids is 3. The average molecular weight is 568 g/mol. The molecule has 222 valence electrons. The number of hydrogen-bond donors (Lipinski definition) is 8. The molecule has 0 radical (unpaired) electrons. The van der Waals surface area contributed by atoms with Gasteiger partial charge < -0.3 is 44.0 Å². The van der Waals surface area contributed by atoms with E-state index in [1.54, 1.807) is 12.1 Å². The molecular formula is C28H41N9O4. The van der Waals surface area contributed by atoms with Gasteiger partial charge in [0.1, 0.15) is 17.8 Å². The lowest BCUT2D eigenvalue weighted by Crippen LogP contribution is -2.52. The zero-order chi connectivity index (χ0) is 30.5. The highest BCUT2D eigenvalue weighted by molar-refractivity contribution is 5.91. The molecule has 2 rings (SSSR count). The Morgan fingerprint density at radius 3 is 2.12 bits per heavy atom. The number of nitrogens with two attached hydrogens (primary N) is 4. The van der Waals surface area contributed by atoms with Gasteiger partial charge in [0.25, 0.3) is 0 Å². The quantitative estimate of drug-likeness (QED) is 0.106. The summed E-state index contributed by atoms with van der Waals surface area (Å²) in [4.78, 5) is 46.4. The van der Waals surface area contributed by atoms with Crippen molar-refractivity contribution in [3.63, 3.8) is 0 Å². The smallest absolute Gasteiger partial charge is 0.245 e. The van der Waals surface area contributed by atoms with Gasteiger partial charge >= 0.3 is 0 Å². The average Bonchev–Trinajstić information content (AvgIpc) is 2.88. The number of phenols is 1. The predicted molar refractivity (Wildman–Crippen MR) is 159 cm³/mol. The van der Waals surface area contributed by atoms with E-state index in [0.717, 1.165) is 22.3 Å². The summed E-state index contributed by atoms with van der Waals surface area (Å²) in [5.74, 6) is -1.51. The van der Waals surface area contributed by atoms with Gasteiger partial charge in [-0.3, -0.25) is 19.4 Å². The number of hydrogen-bond acceptors (Lipinski definition) is 6. The van der Waals surface area contributed by atoms with Crippen LogP contribution in [0.2, 0.25) is 0 Å². The van der Waals surface area contributed by atoms with Crippen LogP contribution in [0.3, 0.4) is 0 Å². The summed E-state index contributed by atoms with van der Waals surface area (Å²) in [5.41, 5.74) is 25.1. The molecule has 12 N–H and O–H groups in total. The maximum atomic E-state index is 13.1. The van der Waals surface area contributed by atoms with Gasteiger partial charge in [0, 0.05) is 19.4 Å². The van der Waals surface area contributed by atoms with Gasteiger partial charge in [-0.05, 0) is 61.6 Å². The van der Waals surface area contributed by atoms with Crippen LogP contribution >= 0.6 is 0 Å². The molecule has 0 aliphatic heterocycles. The van der Waals surface area contributed by atoms with Crippen LogP contribution in [0, 0.1) is 13.8 Å². The molecule has 0 aromatic heterocycles. The van der Waals surface area contributed by atoms with E-state index in [1.165, 1.54) is 6.92 Å². The van der Waals surface area contributed by atoms with Crippen molar-refractivity contribution < 1.29 is 19.5 Å². The second-order valence-corrected chi connectivity index (χ2v) is 9.82. The topological polar surface area (TPSA) is 236 Å². The molecule has 3 atom stereocenters. The van der Waals surface area contributed by atoms with E-state index >= 15 is 0 Å². The van der Waals surface area contributed by atoms with Gasteiger partial charge in [-0.15, -0.1) is 0 Å². The molecule has 0 aliphatic carbocycles. The van der Waals surface area contributed by atoms with Crippen molar-refractivity contribution in [2.75, 3.05) is 13.1 Å². The number of nitrogens with zero attached hydrogens (tertiary/aromatic N) is 2. The first-order valence-electron chi connectivity index (χ1n) is 13.2. The minimum atomic E-state index is -0.993. The number of guanidine groups is 2. The summed E-state index contributed by atoms with van der Waals surface area (Å²) in [5, 5.41) is 18.2. The highest BCUT2D eigenvalue weighted by atomic mass is 16.3. The van der Waals surface area contributed by atoms with Crippen LogP contribution in [0.15, 0.2) is 52.4 Å². The minimum Gasteiger partial charge on any atom is -0.508 e. The Labute approximate surface area is 239 Å². The zero-order valence-electron chi connectivity index (χ0n) is 23.7. The first kappa shape index (κ1) is 32.4. The lowest BCUT2D eigenvalue weighted by Gasteiger charge is -2.22. The molecule has 0 aliphatic rings. The Morgan fingerprint density at radius 1 is 0.902 bits per heavy atom. The van der Waals surface area contributed by atoms with Crippen molar-refractivity contribution >= 4 is 29.6 Å². The van der Waals surface area contributed by atoms with Crippen molar-refractivity contribution in [2.24, 2.45) is 32.9 Å². The molecule has 0 fully saturated rings. The maximum absolute atomic E-state index is 13.1. The SMILES string of the molecule is Cc1cc(O)cc(C)c1C[C@H](N=C(N)N)C(=O)N[C@H](C)C(=O)NC[C@H](Cc1ccccc1)NC(=O)CCN=C(N)N. The fourth-order valence-corrected chi connectivity index (χ4v) is 4.27.